The van der Waals surface area contributed by atoms with Crippen LogP contribution >= 0.6 is 0 Å². The van der Waals surface area contributed by atoms with Gasteiger partial charge in [0.25, 0.3) is 0 Å². The fraction of sp³-hybridized carbons (Fsp3) is 0.667. The largest absolute Gasteiger partial charge is 0.490 e. The highest BCUT2D eigenvalue weighted by atomic mass is 16.6. The van der Waals surface area contributed by atoms with E-state index in [0.717, 1.165) is 12.4 Å². The Morgan fingerprint density at radius 1 is 1.00 bits per heavy atom. The smallest absolute Gasteiger partial charge is 0.123 e. The Hall–Kier alpha value is -1.02. The molecule has 1 fully saturated rings. The molecule has 1 aromatic rings. The molecule has 0 amide bonds. The zero-order valence-corrected chi connectivity index (χ0v) is 13.7. The van der Waals surface area contributed by atoms with E-state index in [4.69, 9.17) is 9.47 Å². The summed E-state index contributed by atoms with van der Waals surface area (Å²) in [7, 11) is 0. The second kappa shape index (κ2) is 6.17. The molecule has 1 atom stereocenters. The SMILES string of the molecule is CC(C)c1ccc(OCC2CO2)c(C(C)C)c1C(C)C. The highest BCUT2D eigenvalue weighted by molar-refractivity contribution is 5.49. The molecule has 20 heavy (non-hydrogen) atoms. The Morgan fingerprint density at radius 2 is 1.60 bits per heavy atom. The zero-order valence-electron chi connectivity index (χ0n) is 13.7. The third-order valence-electron chi connectivity index (χ3n) is 3.88. The van der Waals surface area contributed by atoms with Gasteiger partial charge in [-0.1, -0.05) is 47.6 Å². The average molecular weight is 276 g/mol. The van der Waals surface area contributed by atoms with Crippen LogP contribution in [0.3, 0.4) is 0 Å². The number of ether oxygens (including phenoxy) is 2. The van der Waals surface area contributed by atoms with Gasteiger partial charge in [-0.05, 0) is 34.9 Å². The Bertz CT molecular complexity index is 457. The minimum atomic E-state index is 0.308. The van der Waals surface area contributed by atoms with Gasteiger partial charge in [-0.3, -0.25) is 0 Å². The molecule has 1 aliphatic rings. The van der Waals surface area contributed by atoms with Gasteiger partial charge in [0.1, 0.15) is 18.5 Å². The van der Waals surface area contributed by atoms with Crippen LogP contribution < -0.4 is 4.74 Å². The normalized spacial score (nSPS) is 18.1. The van der Waals surface area contributed by atoms with Crippen molar-refractivity contribution in [3.63, 3.8) is 0 Å². The predicted molar refractivity (Wildman–Crippen MR) is 83.9 cm³/mol. The lowest BCUT2D eigenvalue weighted by molar-refractivity contribution is 0.260. The van der Waals surface area contributed by atoms with E-state index in [0.29, 0.717) is 30.5 Å². The number of benzene rings is 1. The molecule has 1 unspecified atom stereocenters. The molecule has 0 saturated carbocycles. The third kappa shape index (κ3) is 3.35. The lowest BCUT2D eigenvalue weighted by Gasteiger charge is -2.25. The summed E-state index contributed by atoms with van der Waals surface area (Å²) in [6.45, 7) is 15.1. The molecule has 0 spiro atoms. The van der Waals surface area contributed by atoms with Gasteiger partial charge in [0.15, 0.2) is 0 Å². The van der Waals surface area contributed by atoms with E-state index >= 15 is 0 Å². The van der Waals surface area contributed by atoms with Crippen molar-refractivity contribution in [1.82, 2.24) is 0 Å². The van der Waals surface area contributed by atoms with Gasteiger partial charge >= 0.3 is 0 Å². The summed E-state index contributed by atoms with van der Waals surface area (Å²) in [5.74, 6) is 2.58. The molecule has 2 heteroatoms. The molecule has 1 aliphatic heterocycles. The molecule has 1 heterocycles. The Balaban J connectivity index is 2.42. The van der Waals surface area contributed by atoms with Gasteiger partial charge in [0.05, 0.1) is 6.61 Å². The first-order chi connectivity index (χ1) is 9.41. The van der Waals surface area contributed by atoms with Gasteiger partial charge in [-0.15, -0.1) is 0 Å². The van der Waals surface area contributed by atoms with Crippen LogP contribution in [-0.4, -0.2) is 19.3 Å². The molecule has 0 bridgehead atoms. The number of epoxide rings is 1. The van der Waals surface area contributed by atoms with Crippen molar-refractivity contribution in [2.24, 2.45) is 0 Å². The summed E-state index contributed by atoms with van der Waals surface area (Å²) in [4.78, 5) is 0. The lowest BCUT2D eigenvalue weighted by Crippen LogP contribution is -2.11. The quantitative estimate of drug-likeness (QED) is 0.694. The van der Waals surface area contributed by atoms with E-state index in [1.807, 2.05) is 0 Å². The summed E-state index contributed by atoms with van der Waals surface area (Å²) in [6.07, 6.45) is 0.308. The first-order valence-electron chi connectivity index (χ1n) is 7.82. The maximum Gasteiger partial charge on any atom is 0.123 e. The van der Waals surface area contributed by atoms with E-state index in [9.17, 15) is 0 Å². The predicted octanol–water partition coefficient (Wildman–Crippen LogP) is 4.83. The highest BCUT2D eigenvalue weighted by Gasteiger charge is 2.25. The van der Waals surface area contributed by atoms with Crippen LogP contribution in [0, 0.1) is 0 Å². The zero-order chi connectivity index (χ0) is 14.9. The lowest BCUT2D eigenvalue weighted by atomic mass is 9.83. The summed E-state index contributed by atoms with van der Waals surface area (Å²) < 4.78 is 11.3. The van der Waals surface area contributed by atoms with Crippen molar-refractivity contribution in [1.29, 1.82) is 0 Å². The van der Waals surface area contributed by atoms with E-state index < -0.39 is 0 Å². The van der Waals surface area contributed by atoms with Crippen LogP contribution in [0.25, 0.3) is 0 Å². The maximum absolute atomic E-state index is 6.02. The third-order valence-corrected chi connectivity index (χ3v) is 3.88. The van der Waals surface area contributed by atoms with Crippen LogP contribution in [0.5, 0.6) is 5.75 Å². The van der Waals surface area contributed by atoms with Gasteiger partial charge < -0.3 is 9.47 Å². The van der Waals surface area contributed by atoms with Crippen LogP contribution in [0.1, 0.15) is 76.0 Å². The highest BCUT2D eigenvalue weighted by Crippen LogP contribution is 2.39. The van der Waals surface area contributed by atoms with Crippen LogP contribution in [-0.2, 0) is 4.74 Å². The van der Waals surface area contributed by atoms with Gasteiger partial charge in [0.2, 0.25) is 0 Å². The molecule has 0 aromatic heterocycles. The second-order valence-corrected chi connectivity index (χ2v) is 6.71. The summed E-state index contributed by atoms with van der Waals surface area (Å²) in [5, 5.41) is 0. The van der Waals surface area contributed by atoms with Crippen LogP contribution in [0.4, 0.5) is 0 Å². The van der Waals surface area contributed by atoms with E-state index in [2.05, 4.69) is 53.7 Å². The van der Waals surface area contributed by atoms with Gasteiger partial charge in [-0.25, -0.2) is 0 Å². The molecule has 2 nitrogen and oxygen atoms in total. The molecule has 1 saturated heterocycles. The Labute approximate surface area is 123 Å². The first-order valence-corrected chi connectivity index (χ1v) is 7.82. The van der Waals surface area contributed by atoms with Crippen molar-refractivity contribution in [2.75, 3.05) is 13.2 Å². The minimum absolute atomic E-state index is 0.308. The van der Waals surface area contributed by atoms with E-state index in [1.165, 1.54) is 16.7 Å². The van der Waals surface area contributed by atoms with Crippen molar-refractivity contribution >= 4 is 0 Å². The fourth-order valence-electron chi connectivity index (χ4n) is 2.85. The van der Waals surface area contributed by atoms with Crippen LogP contribution in [0.2, 0.25) is 0 Å². The molecular weight excluding hydrogens is 248 g/mol. The van der Waals surface area contributed by atoms with Crippen molar-refractivity contribution < 1.29 is 9.47 Å². The minimum Gasteiger partial charge on any atom is -0.490 e. The first kappa shape index (κ1) is 15.4. The summed E-state index contributed by atoms with van der Waals surface area (Å²) >= 11 is 0. The topological polar surface area (TPSA) is 21.8 Å². The van der Waals surface area contributed by atoms with Crippen molar-refractivity contribution in [3.8, 4) is 5.75 Å². The number of rotatable bonds is 6. The van der Waals surface area contributed by atoms with Gasteiger partial charge in [0, 0.05) is 5.56 Å². The van der Waals surface area contributed by atoms with E-state index in [-0.39, 0.29) is 0 Å². The Kier molecular flexibility index (Phi) is 4.74. The van der Waals surface area contributed by atoms with Gasteiger partial charge in [-0.2, -0.15) is 0 Å². The molecule has 1 aromatic carbocycles. The van der Waals surface area contributed by atoms with Crippen LogP contribution in [0.15, 0.2) is 12.1 Å². The van der Waals surface area contributed by atoms with E-state index in [1.54, 1.807) is 0 Å². The molecule has 0 radical (unpaired) electrons. The van der Waals surface area contributed by atoms with Crippen molar-refractivity contribution in [2.45, 2.75) is 65.4 Å². The van der Waals surface area contributed by atoms with Crippen molar-refractivity contribution in [3.05, 3.63) is 28.8 Å². The number of hydrogen-bond acceptors (Lipinski definition) is 2. The summed E-state index contributed by atoms with van der Waals surface area (Å²) in [5.41, 5.74) is 4.31. The fourth-order valence-corrected chi connectivity index (χ4v) is 2.85. The second-order valence-electron chi connectivity index (χ2n) is 6.71. The molecule has 0 N–H and O–H groups in total. The number of hydrogen-bond donors (Lipinski definition) is 0. The molecule has 112 valence electrons. The molecule has 0 aliphatic carbocycles. The average Bonchev–Trinajstić information content (AvgIpc) is 3.18. The monoisotopic (exact) mass is 276 g/mol. The standard InChI is InChI=1S/C18H28O2/c1-11(2)15-7-8-16(20-10-14-9-19-14)18(13(5)6)17(15)12(3)4/h7-8,11-14H,9-10H2,1-6H3. The molecular formula is C18H28O2. The molecule has 2 rings (SSSR count). The maximum atomic E-state index is 6.02. The Morgan fingerprint density at radius 3 is 2.05 bits per heavy atom. The summed E-state index contributed by atoms with van der Waals surface area (Å²) in [6, 6.07) is 4.40.